The van der Waals surface area contributed by atoms with Crippen LogP contribution in [-0.2, 0) is 6.42 Å². The molecule has 0 bridgehead atoms. The van der Waals surface area contributed by atoms with E-state index < -0.39 is 4.92 Å². The van der Waals surface area contributed by atoms with Gasteiger partial charge in [-0.2, -0.15) is 0 Å². The van der Waals surface area contributed by atoms with Crippen LogP contribution in [0.2, 0.25) is 0 Å². The van der Waals surface area contributed by atoms with Gasteiger partial charge >= 0.3 is 5.69 Å². The molecule has 1 fully saturated rings. The lowest BCUT2D eigenvalue weighted by Gasteiger charge is -2.30. The first-order valence-corrected chi connectivity index (χ1v) is 8.97. The van der Waals surface area contributed by atoms with Gasteiger partial charge in [0.05, 0.1) is 17.5 Å². The number of nitrogens with two attached hydrogens (primary N) is 1. The lowest BCUT2D eigenvalue weighted by molar-refractivity contribution is -0.386. The maximum atomic E-state index is 11.5. The first-order chi connectivity index (χ1) is 13.1. The van der Waals surface area contributed by atoms with Gasteiger partial charge < -0.3 is 10.5 Å². The van der Waals surface area contributed by atoms with Crippen molar-refractivity contribution in [3.63, 3.8) is 0 Å². The topological polar surface area (TPSA) is 86.0 Å². The zero-order chi connectivity index (χ0) is 19.0. The minimum absolute atomic E-state index is 0.0936. The van der Waals surface area contributed by atoms with Crippen LogP contribution in [0.25, 0.3) is 4.85 Å². The van der Waals surface area contributed by atoms with Gasteiger partial charge in [-0.1, -0.05) is 30.3 Å². The lowest BCUT2D eigenvalue weighted by Crippen LogP contribution is -2.40. The molecule has 7 heteroatoms. The van der Waals surface area contributed by atoms with E-state index in [1.54, 1.807) is 6.07 Å². The van der Waals surface area contributed by atoms with E-state index in [1.165, 1.54) is 17.7 Å². The number of nitrogens with zero attached hydrogens (tertiary/aromatic N) is 3. The minimum atomic E-state index is -0.494. The molecule has 0 spiro atoms. The van der Waals surface area contributed by atoms with Crippen LogP contribution < -0.4 is 10.5 Å². The van der Waals surface area contributed by atoms with E-state index in [4.69, 9.17) is 17.0 Å². The number of ether oxygens (including phenoxy) is 1. The van der Waals surface area contributed by atoms with E-state index in [-0.39, 0.29) is 35.3 Å². The van der Waals surface area contributed by atoms with Crippen LogP contribution in [0.15, 0.2) is 42.5 Å². The number of nitro groups is 1. The lowest BCUT2D eigenvalue weighted by atomic mass is 10.1. The molecule has 3 atom stereocenters. The van der Waals surface area contributed by atoms with Crippen molar-refractivity contribution in [1.82, 2.24) is 4.90 Å². The Morgan fingerprint density at radius 3 is 2.81 bits per heavy atom. The number of hydrogen-bond donors (Lipinski definition) is 1. The average molecular weight is 364 g/mol. The predicted molar refractivity (Wildman–Crippen MR) is 101 cm³/mol. The molecule has 2 aliphatic rings. The van der Waals surface area contributed by atoms with Gasteiger partial charge in [0.25, 0.3) is 0 Å². The third-order valence-electron chi connectivity index (χ3n) is 5.39. The normalized spacial score (nSPS) is 24.4. The van der Waals surface area contributed by atoms with Gasteiger partial charge in [0.1, 0.15) is 6.10 Å². The highest BCUT2D eigenvalue weighted by Crippen LogP contribution is 2.41. The van der Waals surface area contributed by atoms with Crippen LogP contribution in [-0.4, -0.2) is 35.0 Å². The third-order valence-corrected chi connectivity index (χ3v) is 5.39. The molecular formula is C20H20N4O3. The predicted octanol–water partition coefficient (Wildman–Crippen LogP) is 3.22. The van der Waals surface area contributed by atoms with E-state index in [2.05, 4.69) is 15.8 Å². The Kier molecular flexibility index (Phi) is 4.52. The number of likely N-dealkylation sites (tertiary alicyclic amines) is 1. The summed E-state index contributed by atoms with van der Waals surface area (Å²) in [7, 11) is 0. The molecular weight excluding hydrogens is 344 g/mol. The summed E-state index contributed by atoms with van der Waals surface area (Å²) in [5.74, 6) is 0.197. The Labute approximate surface area is 157 Å². The molecule has 2 aromatic carbocycles. The van der Waals surface area contributed by atoms with E-state index >= 15 is 0 Å². The molecule has 0 amide bonds. The van der Waals surface area contributed by atoms with Crippen molar-refractivity contribution in [1.29, 1.82) is 0 Å². The van der Waals surface area contributed by atoms with Crippen molar-refractivity contribution in [2.75, 3.05) is 13.1 Å². The molecule has 0 unspecified atom stereocenters. The largest absolute Gasteiger partial charge is 0.477 e. The third kappa shape index (κ3) is 3.25. The number of benzene rings is 2. The summed E-state index contributed by atoms with van der Waals surface area (Å²) in [4.78, 5) is 16.6. The summed E-state index contributed by atoms with van der Waals surface area (Å²) >= 11 is 0. The van der Waals surface area contributed by atoms with Crippen molar-refractivity contribution in [3.8, 4) is 5.75 Å². The van der Waals surface area contributed by atoms with Gasteiger partial charge in [0.2, 0.25) is 0 Å². The highest BCUT2D eigenvalue weighted by atomic mass is 16.6. The standard InChI is InChI=1S/C20H20N4O3/c1-22-15-6-7-19(17(11-15)24(25)26)27-20-16-5-3-2-4-13(16)10-18(20)23-9-8-14(21)12-23/h2-7,11,14,18,20H,8-10,12,21H2/t14-,18-,20-/m1/s1. The Morgan fingerprint density at radius 1 is 1.30 bits per heavy atom. The zero-order valence-corrected chi connectivity index (χ0v) is 14.7. The molecule has 27 heavy (non-hydrogen) atoms. The molecule has 1 heterocycles. The average Bonchev–Trinajstić information content (AvgIpc) is 3.26. The first kappa shape index (κ1) is 17.5. The molecule has 1 saturated heterocycles. The molecule has 7 nitrogen and oxygen atoms in total. The zero-order valence-electron chi connectivity index (χ0n) is 14.7. The fourth-order valence-electron chi connectivity index (χ4n) is 4.07. The quantitative estimate of drug-likeness (QED) is 0.511. The molecule has 0 radical (unpaired) electrons. The van der Waals surface area contributed by atoms with Crippen LogP contribution in [0.4, 0.5) is 11.4 Å². The SMILES string of the molecule is [C-]#[N+]c1ccc(O[C@@H]2c3ccccc3C[C@H]2N2CC[C@@H](N)C2)c([N+](=O)[O-])c1. The summed E-state index contributed by atoms with van der Waals surface area (Å²) in [5.41, 5.74) is 8.40. The Bertz CT molecular complexity index is 924. The summed E-state index contributed by atoms with van der Waals surface area (Å²) in [5, 5.41) is 11.5. The Hall–Kier alpha value is -2.95. The minimum Gasteiger partial charge on any atom is -0.477 e. The second-order valence-corrected chi connectivity index (χ2v) is 7.07. The first-order valence-electron chi connectivity index (χ1n) is 8.97. The van der Waals surface area contributed by atoms with Crippen LogP contribution in [0, 0.1) is 16.7 Å². The van der Waals surface area contributed by atoms with E-state index in [0.717, 1.165) is 31.5 Å². The summed E-state index contributed by atoms with van der Waals surface area (Å²) in [6, 6.07) is 12.7. The number of hydrogen-bond acceptors (Lipinski definition) is 5. The fourth-order valence-corrected chi connectivity index (χ4v) is 4.07. The molecule has 2 aromatic rings. The summed E-state index contributed by atoms with van der Waals surface area (Å²) < 4.78 is 6.23. The smallest absolute Gasteiger partial charge is 0.300 e. The molecule has 1 aliphatic carbocycles. The van der Waals surface area contributed by atoms with E-state index in [1.807, 2.05) is 18.2 Å². The second-order valence-electron chi connectivity index (χ2n) is 7.07. The van der Waals surface area contributed by atoms with Gasteiger partial charge in [0.15, 0.2) is 11.4 Å². The Morgan fingerprint density at radius 2 is 2.11 bits per heavy atom. The second kappa shape index (κ2) is 6.99. The molecule has 0 saturated carbocycles. The van der Waals surface area contributed by atoms with E-state index in [9.17, 15) is 10.1 Å². The maximum Gasteiger partial charge on any atom is 0.300 e. The van der Waals surface area contributed by atoms with Crippen LogP contribution in [0.3, 0.4) is 0 Å². The van der Waals surface area contributed by atoms with Crippen molar-refractivity contribution in [3.05, 3.63) is 75.1 Å². The highest BCUT2D eigenvalue weighted by Gasteiger charge is 2.40. The Balaban J connectivity index is 1.70. The summed E-state index contributed by atoms with van der Waals surface area (Å²) in [6.45, 7) is 8.78. The van der Waals surface area contributed by atoms with Gasteiger partial charge in [0, 0.05) is 25.2 Å². The molecule has 4 rings (SSSR count). The monoisotopic (exact) mass is 364 g/mol. The van der Waals surface area contributed by atoms with Crippen molar-refractivity contribution >= 4 is 11.4 Å². The van der Waals surface area contributed by atoms with Crippen LogP contribution in [0.1, 0.15) is 23.7 Å². The van der Waals surface area contributed by atoms with Crippen LogP contribution in [0.5, 0.6) is 5.75 Å². The maximum absolute atomic E-state index is 11.5. The van der Waals surface area contributed by atoms with Crippen molar-refractivity contribution < 1.29 is 9.66 Å². The molecule has 138 valence electrons. The van der Waals surface area contributed by atoms with Gasteiger partial charge in [-0.05, 0) is 30.0 Å². The van der Waals surface area contributed by atoms with Crippen LogP contribution >= 0.6 is 0 Å². The molecule has 1 aliphatic heterocycles. The van der Waals surface area contributed by atoms with Crippen molar-refractivity contribution in [2.24, 2.45) is 5.73 Å². The summed E-state index contributed by atoms with van der Waals surface area (Å²) in [6.07, 6.45) is 1.48. The van der Waals surface area contributed by atoms with Gasteiger partial charge in [-0.15, -0.1) is 0 Å². The van der Waals surface area contributed by atoms with Gasteiger partial charge in [-0.3, -0.25) is 15.0 Å². The van der Waals surface area contributed by atoms with E-state index in [0.29, 0.717) is 0 Å². The number of fused-ring (bicyclic) bond motifs is 1. The molecule has 0 aromatic heterocycles. The highest BCUT2D eigenvalue weighted by molar-refractivity contribution is 5.59. The fraction of sp³-hybridized carbons (Fsp3) is 0.350. The number of nitro benzene ring substituents is 1. The van der Waals surface area contributed by atoms with Crippen molar-refractivity contribution in [2.45, 2.75) is 31.0 Å². The molecule has 2 N–H and O–H groups in total. The number of rotatable bonds is 4. The van der Waals surface area contributed by atoms with Gasteiger partial charge in [-0.25, -0.2) is 4.85 Å².